The molecule has 1 fully saturated rings. The monoisotopic (exact) mass is 282 g/mol. The zero-order valence-corrected chi connectivity index (χ0v) is 12.8. The maximum atomic E-state index is 11.6. The van der Waals surface area contributed by atoms with Crippen molar-refractivity contribution in [3.05, 3.63) is 41.6 Å². The summed E-state index contributed by atoms with van der Waals surface area (Å²) < 4.78 is 0. The Balaban J connectivity index is 2.22. The molecule has 1 aliphatic rings. The quantitative estimate of drug-likeness (QED) is 0.839. The topological polar surface area (TPSA) is 44.1 Å². The summed E-state index contributed by atoms with van der Waals surface area (Å²) in [5, 5.41) is 9.09. The molecular formula is C18H22N2O. The van der Waals surface area contributed by atoms with Gasteiger partial charge in [0.2, 0.25) is 0 Å². The van der Waals surface area contributed by atoms with Gasteiger partial charge in [-0.15, -0.1) is 0 Å². The first-order valence-corrected chi connectivity index (χ1v) is 7.56. The lowest BCUT2D eigenvalue weighted by molar-refractivity contribution is -0.121. The highest BCUT2D eigenvalue weighted by Gasteiger charge is 2.22. The predicted molar refractivity (Wildman–Crippen MR) is 85.0 cm³/mol. The molecule has 21 heavy (non-hydrogen) atoms. The smallest absolute Gasteiger partial charge is 0.133 e. The van der Waals surface area contributed by atoms with Crippen molar-refractivity contribution < 1.29 is 4.79 Å². The fourth-order valence-electron chi connectivity index (χ4n) is 2.96. The number of nitrogens with zero attached hydrogens (tertiary/aromatic N) is 2. The number of ketones is 1. The van der Waals surface area contributed by atoms with Crippen LogP contribution in [0.5, 0.6) is 0 Å². The molecule has 1 saturated carbocycles. The van der Waals surface area contributed by atoms with Gasteiger partial charge in [0.1, 0.15) is 5.78 Å². The normalized spacial score (nSPS) is 18.7. The minimum absolute atomic E-state index is 0.383. The van der Waals surface area contributed by atoms with Crippen LogP contribution in [0.15, 0.2) is 30.5 Å². The standard InChI is InChI=1S/C18H22N2O/c1-3-9-20(13-16-5-4-6-17(21)10-16)18-11-15(12-19)8-7-14(18)2/h3,7-9,11,16H,4-6,10,13H2,1-2H3/b9-3-. The van der Waals surface area contributed by atoms with Gasteiger partial charge in [-0.1, -0.05) is 12.1 Å². The lowest BCUT2D eigenvalue weighted by Gasteiger charge is -2.29. The number of hydrogen-bond acceptors (Lipinski definition) is 3. The molecule has 1 atom stereocenters. The molecule has 0 saturated heterocycles. The third-order valence-electron chi connectivity index (χ3n) is 4.02. The van der Waals surface area contributed by atoms with Gasteiger partial charge in [0.15, 0.2) is 0 Å². The SMILES string of the molecule is C/C=C\N(CC1CCCC(=O)C1)c1cc(C#N)ccc1C. The fourth-order valence-corrected chi connectivity index (χ4v) is 2.96. The minimum Gasteiger partial charge on any atom is -0.348 e. The number of rotatable bonds is 4. The average Bonchev–Trinajstić information content (AvgIpc) is 2.47. The second kappa shape index (κ2) is 7.08. The summed E-state index contributed by atoms with van der Waals surface area (Å²) in [6, 6.07) is 7.95. The molecule has 0 aromatic heterocycles. The summed E-state index contributed by atoms with van der Waals surface area (Å²) in [6.45, 7) is 4.88. The van der Waals surface area contributed by atoms with Crippen molar-refractivity contribution in [3.8, 4) is 6.07 Å². The Kier molecular flexibility index (Phi) is 5.16. The summed E-state index contributed by atoms with van der Waals surface area (Å²) in [5.74, 6) is 0.793. The van der Waals surface area contributed by atoms with Gasteiger partial charge in [0.25, 0.3) is 0 Å². The molecule has 2 rings (SSSR count). The molecular weight excluding hydrogens is 260 g/mol. The Labute approximate surface area is 126 Å². The van der Waals surface area contributed by atoms with Crippen molar-refractivity contribution >= 4 is 11.5 Å². The Morgan fingerprint density at radius 1 is 1.48 bits per heavy atom. The molecule has 0 bridgehead atoms. The Morgan fingerprint density at radius 2 is 2.29 bits per heavy atom. The Morgan fingerprint density at radius 3 is 2.95 bits per heavy atom. The summed E-state index contributed by atoms with van der Waals surface area (Å²) in [5.41, 5.74) is 2.88. The van der Waals surface area contributed by atoms with Crippen molar-refractivity contribution in [1.82, 2.24) is 0 Å². The van der Waals surface area contributed by atoms with E-state index in [0.717, 1.165) is 37.1 Å². The van der Waals surface area contributed by atoms with Crippen molar-refractivity contribution in [2.75, 3.05) is 11.4 Å². The van der Waals surface area contributed by atoms with Gasteiger partial charge in [-0.05, 0) is 56.5 Å². The van der Waals surface area contributed by atoms with Gasteiger partial charge in [0, 0.05) is 25.1 Å². The molecule has 0 spiro atoms. The highest BCUT2D eigenvalue weighted by Crippen LogP contribution is 2.27. The number of anilines is 1. The van der Waals surface area contributed by atoms with Crippen LogP contribution in [-0.4, -0.2) is 12.3 Å². The minimum atomic E-state index is 0.383. The third kappa shape index (κ3) is 3.95. The number of allylic oxidation sites excluding steroid dienone is 1. The van der Waals surface area contributed by atoms with E-state index in [1.54, 1.807) is 0 Å². The predicted octanol–water partition coefficient (Wildman–Crippen LogP) is 3.97. The van der Waals surface area contributed by atoms with Crippen LogP contribution in [0, 0.1) is 24.2 Å². The lowest BCUT2D eigenvalue weighted by Crippen LogP contribution is -2.29. The average molecular weight is 282 g/mol. The maximum Gasteiger partial charge on any atom is 0.133 e. The molecule has 1 unspecified atom stereocenters. The molecule has 0 heterocycles. The van der Waals surface area contributed by atoms with E-state index in [1.807, 2.05) is 37.4 Å². The highest BCUT2D eigenvalue weighted by atomic mass is 16.1. The van der Waals surface area contributed by atoms with Gasteiger partial charge >= 0.3 is 0 Å². The molecule has 1 aromatic carbocycles. The van der Waals surface area contributed by atoms with E-state index in [-0.39, 0.29) is 0 Å². The van der Waals surface area contributed by atoms with Crippen LogP contribution >= 0.6 is 0 Å². The van der Waals surface area contributed by atoms with Gasteiger partial charge in [-0.3, -0.25) is 4.79 Å². The van der Waals surface area contributed by atoms with E-state index in [1.165, 1.54) is 0 Å². The molecule has 0 radical (unpaired) electrons. The van der Waals surface area contributed by atoms with Gasteiger partial charge in [0.05, 0.1) is 11.6 Å². The molecule has 0 N–H and O–H groups in total. The Bertz CT molecular complexity index is 583. The summed E-state index contributed by atoms with van der Waals surface area (Å²) in [7, 11) is 0. The first kappa shape index (κ1) is 15.3. The van der Waals surface area contributed by atoms with E-state index in [9.17, 15) is 4.79 Å². The summed E-state index contributed by atoms with van der Waals surface area (Å²) >= 11 is 0. The van der Waals surface area contributed by atoms with Gasteiger partial charge < -0.3 is 4.90 Å². The molecule has 1 aromatic rings. The zero-order chi connectivity index (χ0) is 15.2. The molecule has 1 aliphatic carbocycles. The van der Waals surface area contributed by atoms with E-state index in [0.29, 0.717) is 23.7 Å². The Hall–Kier alpha value is -2.08. The van der Waals surface area contributed by atoms with Crippen LogP contribution in [-0.2, 0) is 4.79 Å². The van der Waals surface area contributed by atoms with Crippen LogP contribution in [0.25, 0.3) is 0 Å². The first-order chi connectivity index (χ1) is 10.1. The van der Waals surface area contributed by atoms with E-state index in [2.05, 4.69) is 17.9 Å². The van der Waals surface area contributed by atoms with Crippen LogP contribution in [0.3, 0.4) is 0 Å². The van der Waals surface area contributed by atoms with E-state index in [4.69, 9.17) is 5.26 Å². The number of nitriles is 1. The summed E-state index contributed by atoms with van der Waals surface area (Å²) in [4.78, 5) is 13.8. The summed E-state index contributed by atoms with van der Waals surface area (Å²) in [6.07, 6.45) is 7.58. The maximum absolute atomic E-state index is 11.6. The second-order valence-corrected chi connectivity index (χ2v) is 5.75. The van der Waals surface area contributed by atoms with Crippen molar-refractivity contribution in [2.24, 2.45) is 5.92 Å². The van der Waals surface area contributed by atoms with E-state index < -0.39 is 0 Å². The number of carbonyl (C=O) groups is 1. The molecule has 3 heteroatoms. The first-order valence-electron chi connectivity index (χ1n) is 7.56. The van der Waals surface area contributed by atoms with Crippen molar-refractivity contribution in [1.29, 1.82) is 5.26 Å². The van der Waals surface area contributed by atoms with Crippen molar-refractivity contribution in [3.63, 3.8) is 0 Å². The molecule has 0 aliphatic heterocycles. The van der Waals surface area contributed by atoms with Crippen molar-refractivity contribution in [2.45, 2.75) is 39.5 Å². The highest BCUT2D eigenvalue weighted by molar-refractivity contribution is 5.79. The molecule has 0 amide bonds. The van der Waals surface area contributed by atoms with Crippen LogP contribution in [0.1, 0.15) is 43.7 Å². The number of benzene rings is 1. The number of carbonyl (C=O) groups excluding carboxylic acids is 1. The van der Waals surface area contributed by atoms with Gasteiger partial charge in [-0.2, -0.15) is 5.26 Å². The lowest BCUT2D eigenvalue weighted by atomic mass is 9.88. The zero-order valence-electron chi connectivity index (χ0n) is 12.8. The van der Waals surface area contributed by atoms with Gasteiger partial charge in [-0.25, -0.2) is 0 Å². The third-order valence-corrected chi connectivity index (χ3v) is 4.02. The largest absolute Gasteiger partial charge is 0.348 e. The molecule has 3 nitrogen and oxygen atoms in total. The number of aryl methyl sites for hydroxylation is 1. The van der Waals surface area contributed by atoms with Crippen LogP contribution in [0.4, 0.5) is 5.69 Å². The number of Topliss-reactive ketones (excluding diaryl/α,β-unsaturated/α-hetero) is 1. The second-order valence-electron chi connectivity index (χ2n) is 5.75. The van der Waals surface area contributed by atoms with E-state index >= 15 is 0 Å². The fraction of sp³-hybridized carbons (Fsp3) is 0.444. The number of hydrogen-bond donors (Lipinski definition) is 0. The van der Waals surface area contributed by atoms with Crippen LogP contribution < -0.4 is 4.90 Å². The molecule has 110 valence electrons. The van der Waals surface area contributed by atoms with Crippen LogP contribution in [0.2, 0.25) is 0 Å².